The summed E-state index contributed by atoms with van der Waals surface area (Å²) in [4.78, 5) is 33.8. The summed E-state index contributed by atoms with van der Waals surface area (Å²) in [6.07, 6.45) is 1.50. The van der Waals surface area contributed by atoms with E-state index >= 15 is 0 Å². The third kappa shape index (κ3) is 4.24. The monoisotopic (exact) mass is 511 g/mol. The molecule has 0 atom stereocenters. The largest absolute Gasteiger partial charge is 0.496 e. The first kappa shape index (κ1) is 21.6. The number of aromatic nitrogens is 3. The van der Waals surface area contributed by atoms with Crippen molar-refractivity contribution < 1.29 is 9.47 Å². The van der Waals surface area contributed by atoms with Gasteiger partial charge in [0, 0.05) is 40.6 Å². The van der Waals surface area contributed by atoms with Crippen molar-refractivity contribution in [2.75, 3.05) is 33.4 Å². The van der Waals surface area contributed by atoms with Crippen LogP contribution in [0.4, 0.5) is 0 Å². The molecule has 0 saturated carbocycles. The van der Waals surface area contributed by atoms with Gasteiger partial charge in [-0.3, -0.25) is 9.69 Å². The number of aromatic amines is 2. The van der Waals surface area contributed by atoms with Crippen LogP contribution in [0.1, 0.15) is 11.1 Å². The molecule has 2 N–H and O–H groups in total. The molecule has 1 aliphatic rings. The summed E-state index contributed by atoms with van der Waals surface area (Å²) in [7, 11) is 1.64. The molecule has 0 spiro atoms. The first-order valence-electron chi connectivity index (χ1n) is 10.5. The first-order chi connectivity index (χ1) is 16.0. The lowest BCUT2D eigenvalue weighted by molar-refractivity contribution is 0.0339. The van der Waals surface area contributed by atoms with E-state index in [0.29, 0.717) is 30.8 Å². The molecule has 10 heteroatoms. The smallest absolute Gasteiger partial charge is 0.350 e. The maximum absolute atomic E-state index is 13.0. The number of nitrogens with zero attached hydrogens (tertiary/aromatic N) is 3. The number of fused-ring (bicyclic) bond motifs is 3. The molecule has 0 unspecified atom stereocenters. The fourth-order valence-corrected chi connectivity index (χ4v) is 4.41. The van der Waals surface area contributed by atoms with Crippen LogP contribution in [-0.4, -0.2) is 59.2 Å². The molecule has 1 fully saturated rings. The predicted octanol–water partition coefficient (Wildman–Crippen LogP) is 2.66. The number of hydrogen-bond donors (Lipinski definition) is 2. The second kappa shape index (κ2) is 8.97. The van der Waals surface area contributed by atoms with Gasteiger partial charge in [-0.15, -0.1) is 4.68 Å². The van der Waals surface area contributed by atoms with Gasteiger partial charge in [-0.05, 0) is 42.0 Å². The van der Waals surface area contributed by atoms with E-state index in [4.69, 9.17) is 9.47 Å². The molecule has 4 aromatic rings. The van der Waals surface area contributed by atoms with Crippen molar-refractivity contribution in [1.82, 2.24) is 19.5 Å². The highest BCUT2D eigenvalue weighted by Gasteiger charge is 2.15. The van der Waals surface area contributed by atoms with E-state index in [1.807, 2.05) is 36.4 Å². The minimum absolute atomic E-state index is 0.294. The Hall–Kier alpha value is -3.21. The van der Waals surface area contributed by atoms with E-state index in [-0.39, 0.29) is 0 Å². The Labute approximate surface area is 196 Å². The average molecular weight is 512 g/mol. The second-order valence-electron chi connectivity index (χ2n) is 7.82. The number of nitrogens with one attached hydrogen (secondary N) is 2. The summed E-state index contributed by atoms with van der Waals surface area (Å²) in [5.41, 5.74) is 2.15. The van der Waals surface area contributed by atoms with Gasteiger partial charge in [-0.2, -0.15) is 5.10 Å². The van der Waals surface area contributed by atoms with Gasteiger partial charge in [0.05, 0.1) is 32.1 Å². The zero-order valence-corrected chi connectivity index (χ0v) is 19.5. The second-order valence-corrected chi connectivity index (χ2v) is 8.73. The number of methoxy groups -OCH3 is 1. The van der Waals surface area contributed by atoms with E-state index in [1.54, 1.807) is 7.11 Å². The molecule has 0 bridgehead atoms. The van der Waals surface area contributed by atoms with Crippen LogP contribution in [0.2, 0.25) is 0 Å². The number of rotatable bonds is 5. The van der Waals surface area contributed by atoms with Gasteiger partial charge in [0.15, 0.2) is 0 Å². The van der Waals surface area contributed by atoms with Crippen molar-refractivity contribution in [3.05, 3.63) is 72.8 Å². The highest BCUT2D eigenvalue weighted by Crippen LogP contribution is 2.24. The Morgan fingerprint density at radius 2 is 1.94 bits per heavy atom. The molecule has 5 rings (SSSR count). The molecule has 0 aliphatic carbocycles. The quantitative estimate of drug-likeness (QED) is 0.400. The lowest BCUT2D eigenvalue weighted by Gasteiger charge is -2.27. The van der Waals surface area contributed by atoms with Crippen molar-refractivity contribution in [1.29, 1.82) is 0 Å². The molecular formula is C23H22BrN5O4. The highest BCUT2D eigenvalue weighted by atomic mass is 79.9. The van der Waals surface area contributed by atoms with Gasteiger partial charge >= 0.3 is 11.2 Å². The lowest BCUT2D eigenvalue weighted by Crippen LogP contribution is -2.35. The molecule has 33 heavy (non-hydrogen) atoms. The van der Waals surface area contributed by atoms with E-state index in [9.17, 15) is 9.59 Å². The van der Waals surface area contributed by atoms with Crippen LogP contribution in [-0.2, 0) is 11.3 Å². The maximum Gasteiger partial charge on any atom is 0.350 e. The van der Waals surface area contributed by atoms with Crippen molar-refractivity contribution in [2.24, 2.45) is 5.10 Å². The highest BCUT2D eigenvalue weighted by molar-refractivity contribution is 9.10. The molecule has 2 aromatic heterocycles. The molecule has 1 aliphatic heterocycles. The van der Waals surface area contributed by atoms with Crippen molar-refractivity contribution in [3.8, 4) is 5.75 Å². The van der Waals surface area contributed by atoms with E-state index in [0.717, 1.165) is 50.0 Å². The van der Waals surface area contributed by atoms with Crippen LogP contribution in [0, 0.1) is 0 Å². The number of ether oxygens (including phenoxy) is 2. The minimum atomic E-state index is -0.605. The Balaban J connectivity index is 1.50. The predicted molar refractivity (Wildman–Crippen MR) is 130 cm³/mol. The summed E-state index contributed by atoms with van der Waals surface area (Å²) in [6.45, 7) is 3.84. The van der Waals surface area contributed by atoms with Gasteiger partial charge < -0.3 is 19.4 Å². The van der Waals surface area contributed by atoms with Crippen LogP contribution in [0.15, 0.2) is 55.6 Å². The lowest BCUT2D eigenvalue weighted by atomic mass is 10.1. The van der Waals surface area contributed by atoms with Crippen LogP contribution < -0.4 is 16.0 Å². The zero-order valence-electron chi connectivity index (χ0n) is 17.9. The summed E-state index contributed by atoms with van der Waals surface area (Å²) in [5.74, 6) is 0.777. The summed E-state index contributed by atoms with van der Waals surface area (Å²) < 4.78 is 12.6. The Morgan fingerprint density at radius 3 is 2.73 bits per heavy atom. The van der Waals surface area contributed by atoms with Crippen LogP contribution >= 0.6 is 15.9 Å². The Morgan fingerprint density at radius 1 is 1.12 bits per heavy atom. The van der Waals surface area contributed by atoms with E-state index in [2.05, 4.69) is 35.9 Å². The summed E-state index contributed by atoms with van der Waals surface area (Å²) >= 11 is 3.42. The van der Waals surface area contributed by atoms with Crippen molar-refractivity contribution in [2.45, 2.75) is 6.54 Å². The fraction of sp³-hybridized carbons (Fsp3) is 0.261. The number of benzene rings is 2. The van der Waals surface area contributed by atoms with Crippen LogP contribution in [0.25, 0.3) is 21.9 Å². The SMILES string of the molecule is COc1ccc(/C=N\n2c(=O)[nH]c3c([nH]c4ccc(Br)cc43)c2=O)cc1CN1CCOCC1. The van der Waals surface area contributed by atoms with Crippen LogP contribution in [0.5, 0.6) is 5.75 Å². The molecule has 9 nitrogen and oxygen atoms in total. The summed E-state index contributed by atoms with van der Waals surface area (Å²) in [5, 5.41) is 4.95. The Kier molecular flexibility index (Phi) is 5.88. The third-order valence-electron chi connectivity index (χ3n) is 5.72. The van der Waals surface area contributed by atoms with Gasteiger partial charge in [0.25, 0.3) is 0 Å². The molecule has 2 aromatic carbocycles. The average Bonchev–Trinajstić information content (AvgIpc) is 3.17. The van der Waals surface area contributed by atoms with Crippen molar-refractivity contribution >= 4 is 44.1 Å². The Bertz CT molecular complexity index is 1480. The van der Waals surface area contributed by atoms with Crippen LogP contribution in [0.3, 0.4) is 0 Å². The number of hydrogen-bond acceptors (Lipinski definition) is 6. The minimum Gasteiger partial charge on any atom is -0.496 e. The number of morpholine rings is 1. The molecule has 3 heterocycles. The van der Waals surface area contributed by atoms with Gasteiger partial charge in [0.1, 0.15) is 11.3 Å². The number of halogens is 1. The zero-order chi connectivity index (χ0) is 22.9. The standard InChI is InChI=1S/C23H22BrN5O4/c1-32-19-5-2-14(10-15(19)13-28-6-8-33-9-7-28)12-25-29-22(30)21-20(27-23(29)31)17-11-16(24)3-4-18(17)26-21/h2-5,10-12,26H,6-9,13H2,1H3,(H,27,31)/b25-12-. The topological polar surface area (TPSA) is 105 Å². The normalized spacial score (nSPS) is 15.1. The first-order valence-corrected chi connectivity index (χ1v) is 11.3. The van der Waals surface area contributed by atoms with Crippen molar-refractivity contribution in [3.63, 3.8) is 0 Å². The van der Waals surface area contributed by atoms with E-state index in [1.165, 1.54) is 6.21 Å². The maximum atomic E-state index is 13.0. The molecule has 170 valence electrons. The van der Waals surface area contributed by atoms with Gasteiger partial charge in [0.2, 0.25) is 0 Å². The summed E-state index contributed by atoms with van der Waals surface area (Å²) in [6, 6.07) is 11.2. The fourth-order valence-electron chi connectivity index (χ4n) is 4.04. The molecule has 0 amide bonds. The van der Waals surface area contributed by atoms with Gasteiger partial charge in [-0.25, -0.2) is 4.79 Å². The van der Waals surface area contributed by atoms with Gasteiger partial charge in [-0.1, -0.05) is 15.9 Å². The molecule has 1 saturated heterocycles. The molecular weight excluding hydrogens is 490 g/mol. The molecule has 0 radical (unpaired) electrons. The van der Waals surface area contributed by atoms with E-state index < -0.39 is 11.2 Å². The number of H-pyrrole nitrogens is 2. The third-order valence-corrected chi connectivity index (χ3v) is 6.21.